The summed E-state index contributed by atoms with van der Waals surface area (Å²) in [4.78, 5) is 7.87. The fourth-order valence-electron chi connectivity index (χ4n) is 3.21. The SMILES string of the molecule is CN=C(NCC(C)Cc1cccs1)N1CCN(S(=O)(=O)Cc2ccon2)CC1. The van der Waals surface area contributed by atoms with E-state index in [-0.39, 0.29) is 5.75 Å². The molecule has 2 aromatic heterocycles. The Hall–Kier alpha value is -1.91. The predicted molar refractivity (Wildman–Crippen MR) is 111 cm³/mol. The molecule has 10 heteroatoms. The number of hydrogen-bond acceptors (Lipinski definition) is 6. The van der Waals surface area contributed by atoms with Gasteiger partial charge >= 0.3 is 0 Å². The molecular weight excluding hydrogens is 398 g/mol. The van der Waals surface area contributed by atoms with Crippen LogP contribution in [0, 0.1) is 5.92 Å². The van der Waals surface area contributed by atoms with E-state index in [4.69, 9.17) is 4.52 Å². The standard InChI is InChI=1S/C18H27N5O3S2/c1-15(12-17-4-3-11-27-17)13-20-18(19-2)22-6-8-23(9-7-22)28(24,25)14-16-5-10-26-21-16/h3-5,10-11,15H,6-9,12-14H2,1-2H3,(H,19,20). The summed E-state index contributed by atoms with van der Waals surface area (Å²) >= 11 is 1.78. The molecule has 0 bridgehead atoms. The molecule has 1 atom stereocenters. The summed E-state index contributed by atoms with van der Waals surface area (Å²) < 4.78 is 31.3. The van der Waals surface area contributed by atoms with Gasteiger partial charge in [0.05, 0.1) is 5.69 Å². The van der Waals surface area contributed by atoms with Crippen molar-refractivity contribution in [3.63, 3.8) is 0 Å². The number of nitrogens with zero attached hydrogens (tertiary/aromatic N) is 4. The van der Waals surface area contributed by atoms with Crippen molar-refractivity contribution in [2.45, 2.75) is 19.1 Å². The van der Waals surface area contributed by atoms with Crippen molar-refractivity contribution in [3.05, 3.63) is 40.4 Å². The molecule has 3 rings (SSSR count). The summed E-state index contributed by atoms with van der Waals surface area (Å²) in [5.41, 5.74) is 0.430. The fraction of sp³-hybridized carbons (Fsp3) is 0.556. The summed E-state index contributed by atoms with van der Waals surface area (Å²) in [6.07, 6.45) is 2.42. The number of aliphatic imine (C=N–C) groups is 1. The lowest BCUT2D eigenvalue weighted by Gasteiger charge is -2.36. The molecule has 1 aliphatic heterocycles. The van der Waals surface area contributed by atoms with Crippen LogP contribution >= 0.6 is 11.3 Å². The van der Waals surface area contributed by atoms with Gasteiger partial charge in [-0.1, -0.05) is 18.1 Å². The summed E-state index contributed by atoms with van der Waals surface area (Å²) in [7, 11) is -1.63. The second-order valence-corrected chi connectivity index (χ2v) is 9.95. The largest absolute Gasteiger partial charge is 0.364 e. The summed E-state index contributed by atoms with van der Waals surface area (Å²) in [5, 5.41) is 9.23. The van der Waals surface area contributed by atoms with Crippen LogP contribution in [-0.4, -0.2) is 68.5 Å². The minimum Gasteiger partial charge on any atom is -0.364 e. The Balaban J connectivity index is 1.47. The van der Waals surface area contributed by atoms with E-state index in [0.717, 1.165) is 18.9 Å². The molecule has 1 N–H and O–H groups in total. The maximum Gasteiger partial charge on any atom is 0.220 e. The highest BCUT2D eigenvalue weighted by Gasteiger charge is 2.29. The van der Waals surface area contributed by atoms with E-state index >= 15 is 0 Å². The number of piperazine rings is 1. The normalized spacial score (nSPS) is 17.6. The number of aromatic nitrogens is 1. The molecule has 28 heavy (non-hydrogen) atoms. The highest BCUT2D eigenvalue weighted by Crippen LogP contribution is 2.15. The van der Waals surface area contributed by atoms with E-state index < -0.39 is 10.0 Å². The van der Waals surface area contributed by atoms with E-state index in [0.29, 0.717) is 37.8 Å². The van der Waals surface area contributed by atoms with Crippen LogP contribution in [0.15, 0.2) is 39.4 Å². The summed E-state index contributed by atoms with van der Waals surface area (Å²) in [6, 6.07) is 5.82. The van der Waals surface area contributed by atoms with Gasteiger partial charge in [0.15, 0.2) is 5.96 Å². The van der Waals surface area contributed by atoms with Crippen molar-refractivity contribution in [1.82, 2.24) is 19.7 Å². The molecular formula is C18H27N5O3S2. The van der Waals surface area contributed by atoms with Gasteiger partial charge in [-0.2, -0.15) is 4.31 Å². The first-order valence-electron chi connectivity index (χ1n) is 9.33. The molecule has 0 amide bonds. The zero-order valence-corrected chi connectivity index (χ0v) is 17.9. The second kappa shape index (κ2) is 9.53. The van der Waals surface area contributed by atoms with Gasteiger partial charge in [-0.05, 0) is 23.8 Å². The van der Waals surface area contributed by atoms with Crippen LogP contribution in [0.2, 0.25) is 0 Å². The van der Waals surface area contributed by atoms with Gasteiger partial charge in [-0.15, -0.1) is 11.3 Å². The van der Waals surface area contributed by atoms with Crippen LogP contribution in [0.3, 0.4) is 0 Å². The molecule has 8 nitrogen and oxygen atoms in total. The topological polar surface area (TPSA) is 91.0 Å². The van der Waals surface area contributed by atoms with Crippen LogP contribution in [0.1, 0.15) is 17.5 Å². The van der Waals surface area contributed by atoms with E-state index in [1.165, 1.54) is 15.4 Å². The maximum absolute atomic E-state index is 12.5. The first-order chi connectivity index (χ1) is 13.5. The first-order valence-corrected chi connectivity index (χ1v) is 11.8. The molecule has 0 saturated carbocycles. The first kappa shape index (κ1) is 20.8. The van der Waals surface area contributed by atoms with E-state index in [2.05, 4.69) is 44.8 Å². The molecule has 0 aromatic carbocycles. The molecule has 2 aromatic rings. The Bertz CT molecular complexity index is 842. The lowest BCUT2D eigenvalue weighted by atomic mass is 10.1. The number of thiophene rings is 1. The molecule has 0 spiro atoms. The van der Waals surface area contributed by atoms with Crippen molar-refractivity contribution in [2.75, 3.05) is 39.8 Å². The van der Waals surface area contributed by atoms with E-state index in [9.17, 15) is 8.42 Å². The van der Waals surface area contributed by atoms with E-state index in [1.54, 1.807) is 24.5 Å². The highest BCUT2D eigenvalue weighted by molar-refractivity contribution is 7.88. The van der Waals surface area contributed by atoms with Gasteiger partial charge in [0, 0.05) is 50.7 Å². The van der Waals surface area contributed by atoms with Gasteiger partial charge < -0.3 is 14.7 Å². The fourth-order valence-corrected chi connectivity index (χ4v) is 5.51. The molecule has 1 saturated heterocycles. The molecule has 1 aliphatic rings. The van der Waals surface area contributed by atoms with Crippen molar-refractivity contribution < 1.29 is 12.9 Å². The van der Waals surface area contributed by atoms with Gasteiger partial charge in [-0.3, -0.25) is 4.99 Å². The molecule has 1 unspecified atom stereocenters. The molecule has 154 valence electrons. The Kier molecular flexibility index (Phi) is 7.08. The number of rotatable bonds is 7. The number of sulfonamides is 1. The Morgan fingerprint density at radius 3 is 2.75 bits per heavy atom. The zero-order chi connectivity index (χ0) is 20.0. The van der Waals surface area contributed by atoms with Gasteiger partial charge in [-0.25, -0.2) is 8.42 Å². The van der Waals surface area contributed by atoms with Crippen molar-refractivity contribution in [2.24, 2.45) is 10.9 Å². The molecule has 3 heterocycles. The minimum absolute atomic E-state index is 0.128. The molecule has 0 aliphatic carbocycles. The van der Waals surface area contributed by atoms with Crippen LogP contribution < -0.4 is 5.32 Å². The molecule has 1 fully saturated rings. The summed E-state index contributed by atoms with van der Waals surface area (Å²) in [5.74, 6) is 1.18. The minimum atomic E-state index is -3.39. The third-order valence-corrected chi connectivity index (χ3v) is 7.41. The third-order valence-electron chi connectivity index (χ3n) is 4.70. The van der Waals surface area contributed by atoms with Crippen molar-refractivity contribution in [1.29, 1.82) is 0 Å². The van der Waals surface area contributed by atoms with Gasteiger partial charge in [0.2, 0.25) is 10.0 Å². The number of nitrogens with one attached hydrogen (secondary N) is 1. The average molecular weight is 426 g/mol. The van der Waals surface area contributed by atoms with E-state index in [1.807, 2.05) is 0 Å². The third kappa shape index (κ3) is 5.55. The lowest BCUT2D eigenvalue weighted by molar-refractivity contribution is 0.259. The quantitative estimate of drug-likeness (QED) is 0.536. The predicted octanol–water partition coefficient (Wildman–Crippen LogP) is 1.64. The monoisotopic (exact) mass is 425 g/mol. The average Bonchev–Trinajstić information content (AvgIpc) is 3.36. The number of guanidine groups is 1. The Labute approximate surface area is 170 Å². The zero-order valence-electron chi connectivity index (χ0n) is 16.2. The van der Waals surface area contributed by atoms with Crippen LogP contribution in [0.4, 0.5) is 0 Å². The second-order valence-electron chi connectivity index (χ2n) is 6.95. The van der Waals surface area contributed by atoms with Crippen molar-refractivity contribution >= 4 is 27.3 Å². The Morgan fingerprint density at radius 1 is 1.36 bits per heavy atom. The maximum atomic E-state index is 12.5. The highest BCUT2D eigenvalue weighted by atomic mass is 32.2. The lowest BCUT2D eigenvalue weighted by Crippen LogP contribution is -2.54. The van der Waals surface area contributed by atoms with Gasteiger partial charge in [0.1, 0.15) is 12.0 Å². The molecule has 0 radical (unpaired) electrons. The van der Waals surface area contributed by atoms with Crippen LogP contribution in [-0.2, 0) is 22.2 Å². The van der Waals surface area contributed by atoms with Crippen LogP contribution in [0.25, 0.3) is 0 Å². The Morgan fingerprint density at radius 2 is 2.14 bits per heavy atom. The van der Waals surface area contributed by atoms with Crippen LogP contribution in [0.5, 0.6) is 0 Å². The number of hydrogen-bond donors (Lipinski definition) is 1. The van der Waals surface area contributed by atoms with Gasteiger partial charge in [0.25, 0.3) is 0 Å². The smallest absolute Gasteiger partial charge is 0.220 e. The summed E-state index contributed by atoms with van der Waals surface area (Å²) in [6.45, 7) is 5.13. The van der Waals surface area contributed by atoms with Crippen molar-refractivity contribution in [3.8, 4) is 0 Å².